The van der Waals surface area contributed by atoms with E-state index in [1.807, 2.05) is 0 Å². The Morgan fingerprint density at radius 2 is 1.44 bits per heavy atom. The molecule has 1 saturated heterocycles. The second-order valence-electron chi connectivity index (χ2n) is 7.86. The van der Waals surface area contributed by atoms with Crippen LogP contribution in [0.15, 0.2) is 42.5 Å². The Morgan fingerprint density at radius 1 is 0.917 bits per heavy atom. The molecule has 2 aromatic carbocycles. The van der Waals surface area contributed by atoms with Crippen LogP contribution in [0.2, 0.25) is 0 Å². The summed E-state index contributed by atoms with van der Waals surface area (Å²) < 4.78 is 84.0. The Hall–Kier alpha value is -2.80. The van der Waals surface area contributed by atoms with E-state index in [1.54, 1.807) is 23.1 Å². The lowest BCUT2D eigenvalue weighted by atomic mass is 10.1. The van der Waals surface area contributed by atoms with Crippen molar-refractivity contribution in [2.24, 2.45) is 0 Å². The number of para-hydroxylation sites is 1. The van der Waals surface area contributed by atoms with E-state index in [0.29, 0.717) is 25.2 Å². The highest BCUT2D eigenvalue weighted by atomic mass is 32.2. The monoisotopic (exact) mass is 550 g/mol. The molecule has 1 heterocycles. The minimum Gasteiger partial charge on any atom is -0.409 e. The van der Waals surface area contributed by atoms with Gasteiger partial charge in [-0.3, -0.25) is 4.79 Å². The molecule has 0 saturated carbocycles. The second kappa shape index (κ2) is 11.1. The van der Waals surface area contributed by atoms with Crippen LogP contribution in [0.25, 0.3) is 0 Å². The van der Waals surface area contributed by atoms with E-state index >= 15 is 0 Å². The number of carbonyl (C=O) groups excluding carboxylic acids is 2. The van der Waals surface area contributed by atoms with Crippen molar-refractivity contribution in [2.75, 3.05) is 26.2 Å². The third kappa shape index (κ3) is 7.12. The number of halogens is 6. The number of hydrogen-bond donors (Lipinski definition) is 0. The molecule has 1 aliphatic heterocycles. The molecule has 0 unspecified atom stereocenters. The Balaban J connectivity index is 1.57. The van der Waals surface area contributed by atoms with Crippen LogP contribution in [0.4, 0.5) is 31.1 Å². The fraction of sp³-hybridized carbons (Fsp3) is 0.348. The van der Waals surface area contributed by atoms with Crippen LogP contribution in [0.5, 0.6) is 5.75 Å². The maximum atomic E-state index is 13.1. The standard InChI is InChI=1S/C23H20F6N2O3S2/c1-14(32)18-4-2-3-5-19(18)34-20(33)30-6-8-31(9-7-30)21(35)36-13-15-10-16(22(24,25)26)12-17(11-15)23(27,28)29/h2-5,10-12H,6-9,13H2,1H3. The lowest BCUT2D eigenvalue weighted by Crippen LogP contribution is -2.50. The molecule has 5 nitrogen and oxygen atoms in total. The van der Waals surface area contributed by atoms with Crippen molar-refractivity contribution in [2.45, 2.75) is 25.0 Å². The van der Waals surface area contributed by atoms with Crippen LogP contribution in [-0.2, 0) is 18.1 Å². The summed E-state index contributed by atoms with van der Waals surface area (Å²) in [6, 6.07) is 7.77. The molecule has 36 heavy (non-hydrogen) atoms. The molecule has 0 N–H and O–H groups in total. The molecule has 1 fully saturated rings. The highest BCUT2D eigenvalue weighted by Crippen LogP contribution is 2.37. The predicted molar refractivity (Wildman–Crippen MR) is 126 cm³/mol. The van der Waals surface area contributed by atoms with Gasteiger partial charge in [0, 0.05) is 31.9 Å². The number of rotatable bonds is 4. The Labute approximate surface area is 212 Å². The molecular weight excluding hydrogens is 530 g/mol. The van der Waals surface area contributed by atoms with Crippen molar-refractivity contribution in [1.82, 2.24) is 9.80 Å². The average Bonchev–Trinajstić information content (AvgIpc) is 2.81. The number of hydrogen-bond acceptors (Lipinski definition) is 5. The maximum Gasteiger partial charge on any atom is 0.416 e. The maximum absolute atomic E-state index is 13.1. The number of ether oxygens (including phenoxy) is 1. The third-order valence-corrected chi connectivity index (χ3v) is 6.86. The first-order valence-corrected chi connectivity index (χ1v) is 11.9. The van der Waals surface area contributed by atoms with E-state index in [1.165, 1.54) is 17.9 Å². The molecule has 0 bridgehead atoms. The van der Waals surface area contributed by atoms with Gasteiger partial charge in [-0.05, 0) is 42.8 Å². The highest BCUT2D eigenvalue weighted by molar-refractivity contribution is 8.22. The first kappa shape index (κ1) is 27.8. The number of Topliss-reactive ketones (excluding diaryl/α,β-unsaturated/α-hetero) is 1. The van der Waals surface area contributed by atoms with Crippen LogP contribution >= 0.6 is 24.0 Å². The lowest BCUT2D eigenvalue weighted by Gasteiger charge is -2.35. The van der Waals surface area contributed by atoms with Gasteiger partial charge >= 0.3 is 18.4 Å². The lowest BCUT2D eigenvalue weighted by molar-refractivity contribution is -0.143. The Bertz CT molecular complexity index is 1110. The van der Waals surface area contributed by atoms with Crippen LogP contribution in [0.3, 0.4) is 0 Å². The quantitative estimate of drug-likeness (QED) is 0.255. The third-order valence-electron chi connectivity index (χ3n) is 5.27. The summed E-state index contributed by atoms with van der Waals surface area (Å²) in [5.74, 6) is -0.299. The minimum atomic E-state index is -4.92. The van der Waals surface area contributed by atoms with Gasteiger partial charge in [0.05, 0.1) is 16.7 Å². The van der Waals surface area contributed by atoms with E-state index in [4.69, 9.17) is 17.0 Å². The summed E-state index contributed by atoms with van der Waals surface area (Å²) in [4.78, 5) is 27.3. The minimum absolute atomic E-state index is 0.0829. The molecule has 0 aliphatic carbocycles. The van der Waals surface area contributed by atoms with Gasteiger partial charge in [-0.1, -0.05) is 36.1 Å². The summed E-state index contributed by atoms with van der Waals surface area (Å²) in [7, 11) is 0. The molecule has 1 amide bonds. The number of piperazine rings is 1. The first-order valence-electron chi connectivity index (χ1n) is 10.5. The molecule has 0 radical (unpaired) electrons. The van der Waals surface area contributed by atoms with Gasteiger partial charge < -0.3 is 14.5 Å². The number of thioether (sulfide) groups is 1. The Morgan fingerprint density at radius 3 is 1.97 bits per heavy atom. The summed E-state index contributed by atoms with van der Waals surface area (Å²) in [5.41, 5.74) is -2.64. The van der Waals surface area contributed by atoms with Gasteiger partial charge in [0.15, 0.2) is 5.78 Å². The predicted octanol–water partition coefficient (Wildman–Crippen LogP) is 6.26. The number of carbonyl (C=O) groups is 2. The smallest absolute Gasteiger partial charge is 0.409 e. The molecule has 3 rings (SSSR count). The zero-order valence-electron chi connectivity index (χ0n) is 18.8. The number of amides is 1. The van der Waals surface area contributed by atoms with Crippen molar-refractivity contribution < 1.29 is 40.7 Å². The first-order chi connectivity index (χ1) is 16.8. The summed E-state index contributed by atoms with van der Waals surface area (Å²) in [6.45, 7) is 2.40. The van der Waals surface area contributed by atoms with Gasteiger partial charge in [0.2, 0.25) is 0 Å². The van der Waals surface area contributed by atoms with Crippen LogP contribution < -0.4 is 4.74 Å². The van der Waals surface area contributed by atoms with Crippen LogP contribution in [-0.4, -0.2) is 52.2 Å². The van der Waals surface area contributed by atoms with Crippen molar-refractivity contribution in [3.63, 3.8) is 0 Å². The van der Waals surface area contributed by atoms with E-state index in [-0.39, 0.29) is 51.9 Å². The van der Waals surface area contributed by atoms with Crippen LogP contribution in [0, 0.1) is 0 Å². The van der Waals surface area contributed by atoms with Gasteiger partial charge in [-0.25, -0.2) is 4.79 Å². The molecule has 2 aromatic rings. The highest BCUT2D eigenvalue weighted by Gasteiger charge is 2.37. The SMILES string of the molecule is CC(=O)c1ccccc1OC(=O)N1CCN(C(=S)SCc2cc(C(F)(F)F)cc(C(F)(F)F)c2)CC1. The van der Waals surface area contributed by atoms with Crippen molar-refractivity contribution in [3.8, 4) is 5.75 Å². The van der Waals surface area contributed by atoms with Crippen molar-refractivity contribution in [3.05, 3.63) is 64.7 Å². The molecule has 13 heteroatoms. The largest absolute Gasteiger partial charge is 0.416 e. The summed E-state index contributed by atoms with van der Waals surface area (Å²) in [5, 5.41) is 0. The van der Waals surface area contributed by atoms with Crippen molar-refractivity contribution >= 4 is 40.2 Å². The average molecular weight is 551 g/mol. The van der Waals surface area contributed by atoms with Crippen LogP contribution in [0.1, 0.15) is 34.0 Å². The normalized spacial score (nSPS) is 14.5. The molecule has 0 spiro atoms. The second-order valence-corrected chi connectivity index (χ2v) is 9.47. The van der Waals surface area contributed by atoms with Gasteiger partial charge in [0.25, 0.3) is 0 Å². The summed E-state index contributed by atoms with van der Waals surface area (Å²) in [6.07, 6.45) is -10.5. The number of ketones is 1. The number of benzene rings is 2. The van der Waals surface area contributed by atoms with E-state index in [0.717, 1.165) is 11.8 Å². The van der Waals surface area contributed by atoms with E-state index in [9.17, 15) is 35.9 Å². The fourth-order valence-corrected chi connectivity index (χ4v) is 4.60. The summed E-state index contributed by atoms with van der Waals surface area (Å²) >= 11 is 6.26. The number of thiocarbonyl (C=S) groups is 1. The van der Waals surface area contributed by atoms with E-state index in [2.05, 4.69) is 0 Å². The molecule has 194 valence electrons. The van der Waals surface area contributed by atoms with Gasteiger partial charge in [0.1, 0.15) is 10.1 Å². The molecular formula is C23H20F6N2O3S2. The van der Waals surface area contributed by atoms with Gasteiger partial charge in [-0.15, -0.1) is 0 Å². The van der Waals surface area contributed by atoms with Gasteiger partial charge in [-0.2, -0.15) is 26.3 Å². The molecule has 0 atom stereocenters. The topological polar surface area (TPSA) is 49.9 Å². The zero-order valence-corrected chi connectivity index (χ0v) is 20.4. The number of nitrogens with zero attached hydrogens (tertiary/aromatic N) is 2. The fourth-order valence-electron chi connectivity index (χ4n) is 3.42. The number of alkyl halides is 6. The molecule has 1 aliphatic rings. The zero-order chi connectivity index (χ0) is 26.7. The van der Waals surface area contributed by atoms with Crippen molar-refractivity contribution in [1.29, 1.82) is 0 Å². The van der Waals surface area contributed by atoms with E-state index < -0.39 is 29.6 Å². The molecule has 0 aromatic heterocycles. The Kier molecular flexibility index (Phi) is 8.55.